The van der Waals surface area contributed by atoms with Crippen molar-refractivity contribution in [3.63, 3.8) is 0 Å². The number of nitrogens with zero attached hydrogens (tertiary/aromatic N) is 4. The zero-order chi connectivity index (χ0) is 15.0. The van der Waals surface area contributed by atoms with Crippen LogP contribution in [0.4, 0.5) is 5.95 Å². The third-order valence-corrected chi connectivity index (χ3v) is 5.20. The summed E-state index contributed by atoms with van der Waals surface area (Å²) in [6.07, 6.45) is 0.976. The number of carbonyl (C=O) groups is 1. The highest BCUT2D eigenvalue weighted by atomic mass is 35.5. The number of anilines is 1. The third-order valence-electron chi connectivity index (χ3n) is 3.74. The second kappa shape index (κ2) is 5.77. The predicted molar refractivity (Wildman–Crippen MR) is 86.3 cm³/mol. The number of fused-ring (bicyclic) bond motifs is 1. The van der Waals surface area contributed by atoms with E-state index in [1.165, 1.54) is 4.88 Å². The van der Waals surface area contributed by atoms with Crippen molar-refractivity contribution >= 4 is 45.0 Å². The van der Waals surface area contributed by atoms with Crippen molar-refractivity contribution in [2.24, 2.45) is 0 Å². The largest absolute Gasteiger partial charge is 0.339 e. The van der Waals surface area contributed by atoms with Gasteiger partial charge in [-0.2, -0.15) is 0 Å². The number of halogens is 1. The standard InChI is InChI=1S/C14H17ClN4OS/c1-3-10-8-11-12(15)16-14(17-13(11)21-10)19-6-4-18(5-7-19)9(2)20/h8H,3-7H2,1-2H3. The zero-order valence-corrected chi connectivity index (χ0v) is 13.7. The molecule has 0 N–H and O–H groups in total. The minimum absolute atomic E-state index is 0.120. The van der Waals surface area contributed by atoms with E-state index in [9.17, 15) is 4.79 Å². The molecule has 21 heavy (non-hydrogen) atoms. The van der Waals surface area contributed by atoms with Crippen LogP contribution in [-0.2, 0) is 11.2 Å². The first-order chi connectivity index (χ1) is 10.1. The topological polar surface area (TPSA) is 49.3 Å². The first-order valence-corrected chi connectivity index (χ1v) is 8.24. The van der Waals surface area contributed by atoms with Crippen molar-refractivity contribution in [3.8, 4) is 0 Å². The summed E-state index contributed by atoms with van der Waals surface area (Å²) in [7, 11) is 0. The Balaban J connectivity index is 1.86. The molecular weight excluding hydrogens is 308 g/mol. The number of aromatic nitrogens is 2. The highest BCUT2D eigenvalue weighted by Gasteiger charge is 2.21. The van der Waals surface area contributed by atoms with Crippen LogP contribution in [0.5, 0.6) is 0 Å². The fourth-order valence-electron chi connectivity index (χ4n) is 2.46. The molecular formula is C14H17ClN4OS. The molecule has 3 rings (SSSR count). The van der Waals surface area contributed by atoms with Crippen molar-refractivity contribution in [1.29, 1.82) is 0 Å². The monoisotopic (exact) mass is 324 g/mol. The molecule has 1 aliphatic heterocycles. The average molecular weight is 325 g/mol. The number of rotatable bonds is 2. The number of piperazine rings is 1. The summed E-state index contributed by atoms with van der Waals surface area (Å²) in [5.74, 6) is 0.787. The summed E-state index contributed by atoms with van der Waals surface area (Å²) in [4.78, 5) is 26.6. The van der Waals surface area contributed by atoms with Gasteiger partial charge in [-0.3, -0.25) is 4.79 Å². The Hall–Kier alpha value is -1.40. The maximum atomic E-state index is 11.4. The molecule has 1 fully saturated rings. The Bertz CT molecular complexity index is 679. The van der Waals surface area contributed by atoms with Gasteiger partial charge in [-0.1, -0.05) is 18.5 Å². The van der Waals surface area contributed by atoms with Crippen LogP contribution in [0.3, 0.4) is 0 Å². The summed E-state index contributed by atoms with van der Waals surface area (Å²) < 4.78 is 0. The molecule has 0 saturated carbocycles. The minimum atomic E-state index is 0.120. The van der Waals surface area contributed by atoms with Crippen LogP contribution in [0, 0.1) is 0 Å². The number of aryl methyl sites for hydroxylation is 1. The quantitative estimate of drug-likeness (QED) is 0.797. The van der Waals surface area contributed by atoms with Crippen molar-refractivity contribution in [3.05, 3.63) is 16.1 Å². The van der Waals surface area contributed by atoms with Gasteiger partial charge in [0.1, 0.15) is 9.98 Å². The van der Waals surface area contributed by atoms with Gasteiger partial charge in [0.05, 0.1) is 0 Å². The van der Waals surface area contributed by atoms with Crippen LogP contribution in [0.25, 0.3) is 10.2 Å². The summed E-state index contributed by atoms with van der Waals surface area (Å²) in [6, 6.07) is 2.07. The van der Waals surface area contributed by atoms with Crippen LogP contribution >= 0.6 is 22.9 Å². The van der Waals surface area contributed by atoms with Crippen LogP contribution in [0.2, 0.25) is 5.15 Å². The van der Waals surface area contributed by atoms with Crippen LogP contribution in [0.1, 0.15) is 18.7 Å². The number of hydrogen-bond acceptors (Lipinski definition) is 5. The normalized spacial score (nSPS) is 15.8. The molecule has 5 nitrogen and oxygen atoms in total. The fraction of sp³-hybridized carbons (Fsp3) is 0.500. The van der Waals surface area contributed by atoms with Gasteiger partial charge in [-0.15, -0.1) is 11.3 Å². The summed E-state index contributed by atoms with van der Waals surface area (Å²) in [6.45, 7) is 6.62. The van der Waals surface area contributed by atoms with E-state index in [2.05, 4.69) is 27.9 Å². The number of carbonyl (C=O) groups excluding carboxylic acids is 1. The summed E-state index contributed by atoms with van der Waals surface area (Å²) >= 11 is 7.96. The van der Waals surface area contributed by atoms with E-state index in [-0.39, 0.29) is 5.91 Å². The summed E-state index contributed by atoms with van der Waals surface area (Å²) in [5, 5.41) is 1.45. The highest BCUT2D eigenvalue weighted by molar-refractivity contribution is 7.18. The first-order valence-electron chi connectivity index (χ1n) is 7.05. The Morgan fingerprint density at radius 2 is 2.05 bits per heavy atom. The molecule has 3 heterocycles. The maximum Gasteiger partial charge on any atom is 0.228 e. The van der Waals surface area contributed by atoms with Crippen LogP contribution in [-0.4, -0.2) is 47.0 Å². The Morgan fingerprint density at radius 3 is 2.67 bits per heavy atom. The van der Waals surface area contributed by atoms with Crippen molar-refractivity contribution in [1.82, 2.24) is 14.9 Å². The maximum absolute atomic E-state index is 11.4. The van der Waals surface area contributed by atoms with E-state index in [1.807, 2.05) is 4.90 Å². The zero-order valence-electron chi connectivity index (χ0n) is 12.1. The fourth-order valence-corrected chi connectivity index (χ4v) is 3.70. The van der Waals surface area contributed by atoms with Gasteiger partial charge in [0.2, 0.25) is 11.9 Å². The minimum Gasteiger partial charge on any atom is -0.339 e. The Labute approximate surface area is 132 Å². The molecule has 0 spiro atoms. The summed E-state index contributed by atoms with van der Waals surface area (Å²) in [5.41, 5.74) is 0. The van der Waals surface area contributed by atoms with E-state index >= 15 is 0 Å². The number of hydrogen-bond donors (Lipinski definition) is 0. The number of amides is 1. The molecule has 0 aromatic carbocycles. The SMILES string of the molecule is CCc1cc2c(Cl)nc(N3CCN(C(C)=O)CC3)nc2s1. The lowest BCUT2D eigenvalue weighted by molar-refractivity contribution is -0.129. The number of thiophene rings is 1. The van der Waals surface area contributed by atoms with E-state index in [4.69, 9.17) is 11.6 Å². The van der Waals surface area contributed by atoms with Gasteiger partial charge in [0.15, 0.2) is 0 Å². The third kappa shape index (κ3) is 2.82. The lowest BCUT2D eigenvalue weighted by Gasteiger charge is -2.34. The molecule has 0 aliphatic carbocycles. The van der Waals surface area contributed by atoms with E-state index in [1.54, 1.807) is 18.3 Å². The lowest BCUT2D eigenvalue weighted by atomic mass is 10.3. The molecule has 2 aromatic rings. The van der Waals surface area contributed by atoms with Crippen LogP contribution in [0.15, 0.2) is 6.07 Å². The molecule has 7 heteroatoms. The second-order valence-corrected chi connectivity index (χ2v) is 6.57. The average Bonchev–Trinajstić information content (AvgIpc) is 2.91. The van der Waals surface area contributed by atoms with Crippen molar-refractivity contribution < 1.29 is 4.79 Å². The lowest BCUT2D eigenvalue weighted by Crippen LogP contribution is -2.48. The smallest absolute Gasteiger partial charge is 0.228 e. The second-order valence-electron chi connectivity index (χ2n) is 5.09. The molecule has 0 atom stereocenters. The van der Waals surface area contributed by atoms with Gasteiger partial charge >= 0.3 is 0 Å². The molecule has 1 amide bonds. The van der Waals surface area contributed by atoms with Gasteiger partial charge in [-0.05, 0) is 12.5 Å². The molecule has 1 aliphatic rings. The molecule has 0 unspecified atom stereocenters. The van der Waals surface area contributed by atoms with Crippen molar-refractivity contribution in [2.75, 3.05) is 31.1 Å². The van der Waals surface area contributed by atoms with E-state index in [0.29, 0.717) is 24.2 Å². The molecule has 112 valence electrons. The highest BCUT2D eigenvalue weighted by Crippen LogP contribution is 2.31. The van der Waals surface area contributed by atoms with E-state index < -0.39 is 0 Å². The van der Waals surface area contributed by atoms with Gasteiger partial charge in [0.25, 0.3) is 0 Å². The Kier molecular flexibility index (Phi) is 3.99. The molecule has 1 saturated heterocycles. The van der Waals surface area contributed by atoms with Crippen LogP contribution < -0.4 is 4.90 Å². The predicted octanol–water partition coefficient (Wildman–Crippen LogP) is 2.58. The molecule has 2 aromatic heterocycles. The molecule has 0 radical (unpaired) electrons. The van der Waals surface area contributed by atoms with Gasteiger partial charge in [-0.25, -0.2) is 9.97 Å². The first kappa shape index (κ1) is 14.5. The van der Waals surface area contributed by atoms with E-state index in [0.717, 1.165) is 29.7 Å². The van der Waals surface area contributed by atoms with Crippen molar-refractivity contribution in [2.45, 2.75) is 20.3 Å². The van der Waals surface area contributed by atoms with Gasteiger partial charge in [0, 0.05) is 43.4 Å². The van der Waals surface area contributed by atoms with Gasteiger partial charge < -0.3 is 9.80 Å². The Morgan fingerprint density at radius 1 is 1.33 bits per heavy atom. The molecule has 0 bridgehead atoms.